The lowest BCUT2D eigenvalue weighted by molar-refractivity contribution is -0.479. The van der Waals surface area contributed by atoms with Crippen LogP contribution in [0.4, 0.5) is 0 Å². The molecule has 0 saturated heterocycles. The summed E-state index contributed by atoms with van der Waals surface area (Å²) in [6.07, 6.45) is 1.61. The lowest BCUT2D eigenvalue weighted by Gasteiger charge is -2.15. The van der Waals surface area contributed by atoms with E-state index in [0.717, 1.165) is 5.69 Å². The van der Waals surface area contributed by atoms with Gasteiger partial charge in [-0.3, -0.25) is 14.7 Å². The molecule has 7 nitrogen and oxygen atoms in total. The molecule has 0 saturated carbocycles. The van der Waals surface area contributed by atoms with Crippen LogP contribution in [0, 0.1) is 17.0 Å². The van der Waals surface area contributed by atoms with E-state index in [9.17, 15) is 10.1 Å². The molecule has 0 spiro atoms. The van der Waals surface area contributed by atoms with Crippen molar-refractivity contribution in [2.75, 3.05) is 13.2 Å². The number of ether oxygens (including phenoxy) is 1. The van der Waals surface area contributed by atoms with Crippen LogP contribution in [0.5, 0.6) is 5.75 Å². The molecule has 0 amide bonds. The van der Waals surface area contributed by atoms with Gasteiger partial charge in [0.15, 0.2) is 5.16 Å². The van der Waals surface area contributed by atoms with Crippen molar-refractivity contribution in [2.24, 2.45) is 0 Å². The Morgan fingerprint density at radius 3 is 2.63 bits per heavy atom. The Hall–Kier alpha value is -2.55. The van der Waals surface area contributed by atoms with Crippen LogP contribution in [0.15, 0.2) is 60.3 Å². The molecule has 3 aromatic rings. The molecule has 1 atom stereocenters. The molecule has 0 fully saturated rings. The quantitative estimate of drug-likeness (QED) is 0.178. The summed E-state index contributed by atoms with van der Waals surface area (Å²) in [5, 5.41) is 20.7. The molecule has 0 bridgehead atoms. The second-order valence-corrected chi connectivity index (χ2v) is 8.27. The Morgan fingerprint density at radius 2 is 2.00 bits per heavy atom. The van der Waals surface area contributed by atoms with E-state index in [2.05, 4.69) is 16.8 Å². The van der Waals surface area contributed by atoms with Crippen LogP contribution in [0.1, 0.15) is 16.6 Å². The minimum absolute atomic E-state index is 0.305. The maximum atomic E-state index is 11.3. The van der Waals surface area contributed by atoms with Crippen molar-refractivity contribution < 1.29 is 9.66 Å². The van der Waals surface area contributed by atoms with Crippen LogP contribution in [-0.4, -0.2) is 32.8 Å². The maximum Gasteiger partial charge on any atom is 0.220 e. The van der Waals surface area contributed by atoms with Gasteiger partial charge < -0.3 is 4.74 Å². The Balaban J connectivity index is 1.93. The third-order valence-electron chi connectivity index (χ3n) is 4.13. The number of thioether (sulfide) groups is 1. The summed E-state index contributed by atoms with van der Waals surface area (Å²) >= 11 is 13.5. The summed E-state index contributed by atoms with van der Waals surface area (Å²) in [7, 11) is 0. The van der Waals surface area contributed by atoms with Gasteiger partial charge in [0.1, 0.15) is 23.4 Å². The van der Waals surface area contributed by atoms with Gasteiger partial charge in [0, 0.05) is 15.6 Å². The van der Waals surface area contributed by atoms with Crippen molar-refractivity contribution in [1.82, 2.24) is 14.8 Å². The molecule has 156 valence electrons. The lowest BCUT2D eigenvalue weighted by Crippen LogP contribution is -2.11. The first kappa shape index (κ1) is 22.1. The Labute approximate surface area is 187 Å². The highest BCUT2D eigenvalue weighted by Crippen LogP contribution is 2.38. The van der Waals surface area contributed by atoms with E-state index in [1.54, 1.807) is 36.4 Å². The molecule has 0 aliphatic rings. The van der Waals surface area contributed by atoms with Gasteiger partial charge in [0.05, 0.1) is 5.02 Å². The predicted molar refractivity (Wildman–Crippen MR) is 119 cm³/mol. The zero-order chi connectivity index (χ0) is 21.7. The van der Waals surface area contributed by atoms with Crippen molar-refractivity contribution in [3.05, 3.63) is 86.7 Å². The van der Waals surface area contributed by atoms with Crippen LogP contribution in [0.3, 0.4) is 0 Å². The minimum Gasteiger partial charge on any atom is -0.488 e. The summed E-state index contributed by atoms with van der Waals surface area (Å²) in [4.78, 5) is 11.0. The van der Waals surface area contributed by atoms with Gasteiger partial charge in [0.25, 0.3) is 0 Å². The normalized spacial score (nSPS) is 11.8. The molecule has 2 aromatic carbocycles. The monoisotopic (exact) mass is 464 g/mol. The molecule has 0 radical (unpaired) electrons. The standard InChI is InChI=1S/C20H18Cl2N4O3S/c1-3-10-29-18-9-4-14(11-17(18)22)19(12-25(27)28)30-20-24-23-13(2)26(20)16-7-5-15(21)6-8-16/h3-9,11,19H,1,10,12H2,2H3/t19-/m0/s1. The summed E-state index contributed by atoms with van der Waals surface area (Å²) < 4.78 is 7.31. The fourth-order valence-corrected chi connectivity index (χ4v) is 4.30. The highest BCUT2D eigenvalue weighted by Gasteiger charge is 2.24. The van der Waals surface area contributed by atoms with Crippen molar-refractivity contribution >= 4 is 35.0 Å². The van der Waals surface area contributed by atoms with E-state index in [1.807, 2.05) is 23.6 Å². The smallest absolute Gasteiger partial charge is 0.220 e. The predicted octanol–water partition coefficient (Wildman–Crippen LogP) is 5.56. The molecule has 10 heteroatoms. The van der Waals surface area contributed by atoms with Crippen molar-refractivity contribution in [2.45, 2.75) is 17.3 Å². The summed E-state index contributed by atoms with van der Waals surface area (Å²) in [5.41, 5.74) is 1.51. The summed E-state index contributed by atoms with van der Waals surface area (Å²) in [5.74, 6) is 1.15. The number of hydrogen-bond donors (Lipinski definition) is 0. The highest BCUT2D eigenvalue weighted by atomic mass is 35.5. The van der Waals surface area contributed by atoms with Gasteiger partial charge in [-0.05, 0) is 48.9 Å². The average molecular weight is 465 g/mol. The SMILES string of the molecule is C=CCOc1ccc([C@H](C[N+](=O)[O-])Sc2nnc(C)n2-c2ccc(Cl)cc2)cc1Cl. The molecule has 0 aliphatic heterocycles. The van der Waals surface area contributed by atoms with E-state index in [-0.39, 0.29) is 11.5 Å². The number of aromatic nitrogens is 3. The molecule has 3 rings (SSSR count). The van der Waals surface area contributed by atoms with Crippen molar-refractivity contribution in [1.29, 1.82) is 0 Å². The second kappa shape index (κ2) is 9.97. The zero-order valence-electron chi connectivity index (χ0n) is 16.0. The topological polar surface area (TPSA) is 83.1 Å². The van der Waals surface area contributed by atoms with E-state index in [0.29, 0.717) is 38.9 Å². The van der Waals surface area contributed by atoms with Crippen LogP contribution < -0.4 is 4.74 Å². The highest BCUT2D eigenvalue weighted by molar-refractivity contribution is 7.99. The Bertz CT molecular complexity index is 1060. The third kappa shape index (κ3) is 5.33. The third-order valence-corrected chi connectivity index (χ3v) is 5.86. The molecule has 30 heavy (non-hydrogen) atoms. The largest absolute Gasteiger partial charge is 0.488 e. The van der Waals surface area contributed by atoms with Gasteiger partial charge in [-0.15, -0.1) is 10.2 Å². The number of benzene rings is 2. The van der Waals surface area contributed by atoms with Crippen LogP contribution >= 0.6 is 35.0 Å². The molecular formula is C20H18Cl2N4O3S. The maximum absolute atomic E-state index is 11.3. The average Bonchev–Trinajstić information content (AvgIpc) is 3.07. The molecule has 0 unspecified atom stereocenters. The fraction of sp³-hybridized carbons (Fsp3) is 0.200. The van der Waals surface area contributed by atoms with E-state index < -0.39 is 5.25 Å². The number of hydrogen-bond acceptors (Lipinski definition) is 6. The first-order chi connectivity index (χ1) is 14.4. The summed E-state index contributed by atoms with van der Waals surface area (Å²) in [6, 6.07) is 12.4. The molecule has 0 N–H and O–H groups in total. The number of aryl methyl sites for hydroxylation is 1. The molecule has 1 aromatic heterocycles. The Kier molecular flexibility index (Phi) is 7.36. The molecular weight excluding hydrogens is 447 g/mol. The molecule has 1 heterocycles. The van der Waals surface area contributed by atoms with Crippen LogP contribution in [-0.2, 0) is 0 Å². The lowest BCUT2D eigenvalue weighted by atomic mass is 10.1. The number of nitrogens with zero attached hydrogens (tertiary/aromatic N) is 4. The number of rotatable bonds is 9. The van der Waals surface area contributed by atoms with Gasteiger partial charge in [-0.25, -0.2) is 0 Å². The van der Waals surface area contributed by atoms with Gasteiger partial charge >= 0.3 is 0 Å². The van der Waals surface area contributed by atoms with Gasteiger partial charge in [0.2, 0.25) is 6.54 Å². The Morgan fingerprint density at radius 1 is 1.27 bits per heavy atom. The summed E-state index contributed by atoms with van der Waals surface area (Å²) in [6.45, 7) is 5.43. The first-order valence-electron chi connectivity index (χ1n) is 8.88. The first-order valence-corrected chi connectivity index (χ1v) is 10.5. The van der Waals surface area contributed by atoms with Gasteiger partial charge in [-0.1, -0.05) is 53.7 Å². The van der Waals surface area contributed by atoms with Crippen LogP contribution in [0.2, 0.25) is 10.0 Å². The van der Waals surface area contributed by atoms with E-state index >= 15 is 0 Å². The van der Waals surface area contributed by atoms with E-state index in [1.165, 1.54) is 11.8 Å². The molecule has 0 aliphatic carbocycles. The number of halogens is 2. The zero-order valence-corrected chi connectivity index (χ0v) is 18.3. The number of nitro groups is 1. The fourth-order valence-electron chi connectivity index (χ4n) is 2.76. The van der Waals surface area contributed by atoms with Gasteiger partial charge in [-0.2, -0.15) is 0 Å². The van der Waals surface area contributed by atoms with E-state index in [4.69, 9.17) is 27.9 Å². The van der Waals surface area contributed by atoms with Crippen molar-refractivity contribution in [3.63, 3.8) is 0 Å². The minimum atomic E-state index is -0.527. The van der Waals surface area contributed by atoms with Crippen molar-refractivity contribution in [3.8, 4) is 11.4 Å². The van der Waals surface area contributed by atoms with Crippen LogP contribution in [0.25, 0.3) is 5.69 Å². The second-order valence-electron chi connectivity index (χ2n) is 6.25.